The molecule has 1 fully saturated rings. The second kappa shape index (κ2) is 5.68. The van der Waals surface area contributed by atoms with Crippen LogP contribution in [0.25, 0.3) is 0 Å². The normalized spacial score (nSPS) is 16.3. The van der Waals surface area contributed by atoms with Crippen molar-refractivity contribution in [3.8, 4) is 5.88 Å². The Hall–Kier alpha value is -1.32. The lowest BCUT2D eigenvalue weighted by molar-refractivity contribution is 0.397. The number of rotatable bonds is 5. The molecule has 1 aromatic rings. The van der Waals surface area contributed by atoms with Crippen molar-refractivity contribution in [1.82, 2.24) is 9.97 Å². The van der Waals surface area contributed by atoms with Gasteiger partial charge in [0.15, 0.2) is 0 Å². The number of aromatic nitrogens is 2. The van der Waals surface area contributed by atoms with Crippen molar-refractivity contribution in [1.29, 1.82) is 0 Å². The Morgan fingerprint density at radius 2 is 2.19 bits per heavy atom. The van der Waals surface area contributed by atoms with Crippen LogP contribution in [-0.2, 0) is 0 Å². The molecule has 16 heavy (non-hydrogen) atoms. The van der Waals surface area contributed by atoms with Crippen LogP contribution in [-0.4, -0.2) is 23.6 Å². The molecule has 1 saturated carbocycles. The van der Waals surface area contributed by atoms with E-state index in [2.05, 4.69) is 15.3 Å². The number of hydrogen-bond donors (Lipinski definition) is 1. The van der Waals surface area contributed by atoms with Crippen molar-refractivity contribution < 1.29 is 4.74 Å². The zero-order chi connectivity index (χ0) is 11.2. The van der Waals surface area contributed by atoms with Gasteiger partial charge in [0.05, 0.1) is 7.11 Å². The first-order valence-corrected chi connectivity index (χ1v) is 5.98. The van der Waals surface area contributed by atoms with E-state index in [1.165, 1.54) is 38.4 Å². The number of anilines is 1. The topological polar surface area (TPSA) is 47.0 Å². The van der Waals surface area contributed by atoms with Crippen LogP contribution in [0.4, 0.5) is 5.82 Å². The average molecular weight is 221 g/mol. The molecule has 1 N–H and O–H groups in total. The van der Waals surface area contributed by atoms with E-state index in [4.69, 9.17) is 4.74 Å². The average Bonchev–Trinajstić information content (AvgIpc) is 2.82. The van der Waals surface area contributed by atoms with E-state index in [-0.39, 0.29) is 0 Å². The fraction of sp³-hybridized carbons (Fsp3) is 0.667. The summed E-state index contributed by atoms with van der Waals surface area (Å²) in [5, 5.41) is 3.32. The molecule has 0 amide bonds. The highest BCUT2D eigenvalue weighted by atomic mass is 16.5. The molecule has 0 radical (unpaired) electrons. The van der Waals surface area contributed by atoms with E-state index in [1.807, 2.05) is 6.07 Å². The van der Waals surface area contributed by atoms with E-state index < -0.39 is 0 Å². The van der Waals surface area contributed by atoms with Gasteiger partial charge in [-0.2, -0.15) is 0 Å². The standard InChI is InChI=1S/C12H19N3O/c1-16-12-8-11(14-9-15-12)13-7-6-10-4-2-3-5-10/h8-10H,2-7H2,1H3,(H,13,14,15). The van der Waals surface area contributed by atoms with Crippen LogP contribution in [0.5, 0.6) is 5.88 Å². The van der Waals surface area contributed by atoms with Gasteiger partial charge in [0, 0.05) is 12.6 Å². The molecule has 1 heterocycles. The molecule has 0 unspecified atom stereocenters. The molecule has 0 bridgehead atoms. The van der Waals surface area contributed by atoms with Gasteiger partial charge in [-0.3, -0.25) is 0 Å². The highest BCUT2D eigenvalue weighted by Gasteiger charge is 2.14. The van der Waals surface area contributed by atoms with Gasteiger partial charge in [-0.1, -0.05) is 25.7 Å². The smallest absolute Gasteiger partial charge is 0.218 e. The summed E-state index contributed by atoms with van der Waals surface area (Å²) in [6.07, 6.45) is 8.38. The molecule has 1 aromatic heterocycles. The Labute approximate surface area is 96.4 Å². The maximum atomic E-state index is 5.04. The van der Waals surface area contributed by atoms with E-state index in [0.29, 0.717) is 5.88 Å². The van der Waals surface area contributed by atoms with Crippen LogP contribution in [0.15, 0.2) is 12.4 Å². The van der Waals surface area contributed by atoms with Gasteiger partial charge < -0.3 is 10.1 Å². The molecule has 88 valence electrons. The minimum absolute atomic E-state index is 0.610. The minimum atomic E-state index is 0.610. The van der Waals surface area contributed by atoms with Crippen LogP contribution in [0, 0.1) is 5.92 Å². The highest BCUT2D eigenvalue weighted by molar-refractivity contribution is 5.36. The number of nitrogens with zero attached hydrogens (tertiary/aromatic N) is 2. The maximum Gasteiger partial charge on any atom is 0.218 e. The third-order valence-corrected chi connectivity index (χ3v) is 3.18. The largest absolute Gasteiger partial charge is 0.481 e. The van der Waals surface area contributed by atoms with Gasteiger partial charge in [-0.15, -0.1) is 0 Å². The fourth-order valence-corrected chi connectivity index (χ4v) is 2.25. The van der Waals surface area contributed by atoms with Gasteiger partial charge in [-0.05, 0) is 12.3 Å². The minimum Gasteiger partial charge on any atom is -0.481 e. The molecule has 4 heteroatoms. The van der Waals surface area contributed by atoms with Crippen LogP contribution in [0.3, 0.4) is 0 Å². The number of hydrogen-bond acceptors (Lipinski definition) is 4. The summed E-state index contributed by atoms with van der Waals surface area (Å²) in [6.45, 7) is 0.991. The molecule has 1 aliphatic carbocycles. The lowest BCUT2D eigenvalue weighted by Crippen LogP contribution is -2.08. The molecule has 4 nitrogen and oxygen atoms in total. The molecule has 0 aliphatic heterocycles. The summed E-state index contributed by atoms with van der Waals surface area (Å²) in [5.41, 5.74) is 0. The number of methoxy groups -OCH3 is 1. The molecule has 0 aromatic carbocycles. The molecule has 2 rings (SSSR count). The molecule has 1 aliphatic rings. The summed E-state index contributed by atoms with van der Waals surface area (Å²) in [5.74, 6) is 2.37. The first kappa shape index (κ1) is 11.2. The lowest BCUT2D eigenvalue weighted by Gasteiger charge is -2.10. The van der Waals surface area contributed by atoms with E-state index in [9.17, 15) is 0 Å². The van der Waals surface area contributed by atoms with Crippen molar-refractivity contribution in [2.75, 3.05) is 19.0 Å². The third kappa shape index (κ3) is 3.08. The summed E-state index contributed by atoms with van der Waals surface area (Å²) in [7, 11) is 1.62. The van der Waals surface area contributed by atoms with Crippen LogP contribution >= 0.6 is 0 Å². The van der Waals surface area contributed by atoms with Gasteiger partial charge in [-0.25, -0.2) is 9.97 Å². The van der Waals surface area contributed by atoms with E-state index >= 15 is 0 Å². The SMILES string of the molecule is COc1cc(NCCC2CCCC2)ncn1. The first-order chi connectivity index (χ1) is 7.88. The van der Waals surface area contributed by atoms with Crippen molar-refractivity contribution in [2.45, 2.75) is 32.1 Å². The molecule has 0 saturated heterocycles. The predicted octanol–water partition coefficient (Wildman–Crippen LogP) is 2.48. The van der Waals surface area contributed by atoms with Gasteiger partial charge in [0.2, 0.25) is 5.88 Å². The summed E-state index contributed by atoms with van der Waals surface area (Å²) < 4.78 is 5.04. The Balaban J connectivity index is 1.75. The van der Waals surface area contributed by atoms with Crippen LogP contribution in [0.1, 0.15) is 32.1 Å². The maximum absolute atomic E-state index is 5.04. The number of nitrogens with one attached hydrogen (secondary N) is 1. The monoisotopic (exact) mass is 221 g/mol. The highest BCUT2D eigenvalue weighted by Crippen LogP contribution is 2.27. The first-order valence-electron chi connectivity index (χ1n) is 5.98. The summed E-state index contributed by atoms with van der Waals surface area (Å²) in [4.78, 5) is 8.12. The molecule has 0 atom stereocenters. The van der Waals surface area contributed by atoms with E-state index in [0.717, 1.165) is 18.3 Å². The lowest BCUT2D eigenvalue weighted by atomic mass is 10.0. The Bertz CT molecular complexity index is 324. The van der Waals surface area contributed by atoms with Crippen molar-refractivity contribution in [3.05, 3.63) is 12.4 Å². The Morgan fingerprint density at radius 3 is 2.94 bits per heavy atom. The van der Waals surface area contributed by atoms with Gasteiger partial charge in [0.1, 0.15) is 12.1 Å². The fourth-order valence-electron chi connectivity index (χ4n) is 2.25. The summed E-state index contributed by atoms with van der Waals surface area (Å²) in [6, 6.07) is 1.83. The van der Waals surface area contributed by atoms with E-state index in [1.54, 1.807) is 7.11 Å². The van der Waals surface area contributed by atoms with Crippen molar-refractivity contribution in [2.24, 2.45) is 5.92 Å². The molecule has 0 spiro atoms. The zero-order valence-corrected chi connectivity index (χ0v) is 9.78. The third-order valence-electron chi connectivity index (χ3n) is 3.18. The molecular formula is C12H19N3O. The second-order valence-electron chi connectivity index (χ2n) is 4.31. The predicted molar refractivity (Wildman–Crippen MR) is 63.6 cm³/mol. The second-order valence-corrected chi connectivity index (χ2v) is 4.31. The Morgan fingerprint density at radius 1 is 1.38 bits per heavy atom. The van der Waals surface area contributed by atoms with Crippen molar-refractivity contribution in [3.63, 3.8) is 0 Å². The van der Waals surface area contributed by atoms with Crippen molar-refractivity contribution >= 4 is 5.82 Å². The van der Waals surface area contributed by atoms with Crippen LogP contribution < -0.4 is 10.1 Å². The summed E-state index contributed by atoms with van der Waals surface area (Å²) >= 11 is 0. The zero-order valence-electron chi connectivity index (χ0n) is 9.78. The Kier molecular flexibility index (Phi) is 3.97. The van der Waals surface area contributed by atoms with Gasteiger partial charge in [0.25, 0.3) is 0 Å². The number of ether oxygens (including phenoxy) is 1. The quantitative estimate of drug-likeness (QED) is 0.829. The molecular weight excluding hydrogens is 202 g/mol. The van der Waals surface area contributed by atoms with Gasteiger partial charge >= 0.3 is 0 Å². The van der Waals surface area contributed by atoms with Crippen LogP contribution in [0.2, 0.25) is 0 Å².